The van der Waals surface area contributed by atoms with Gasteiger partial charge < -0.3 is 28.4 Å². The van der Waals surface area contributed by atoms with E-state index in [-0.39, 0.29) is 6.10 Å². The van der Waals surface area contributed by atoms with E-state index in [9.17, 15) is 0 Å². The molecule has 0 fully saturated rings. The largest absolute Gasteiger partial charge is 0.488 e. The second kappa shape index (κ2) is 18.7. The van der Waals surface area contributed by atoms with Crippen molar-refractivity contribution in [2.45, 2.75) is 51.7 Å². The van der Waals surface area contributed by atoms with Gasteiger partial charge >= 0.3 is 0 Å². The Balaban J connectivity index is 1.16. The number of ether oxygens (including phenoxy) is 6. The van der Waals surface area contributed by atoms with E-state index in [0.717, 1.165) is 43.4 Å². The maximum absolute atomic E-state index is 7.09. The van der Waals surface area contributed by atoms with E-state index in [0.29, 0.717) is 68.2 Å². The fraction of sp³-hybridized carbons (Fsp3) is 0.160. The first-order valence-electron chi connectivity index (χ1n) is 19.1. The Labute approximate surface area is 342 Å². The molecule has 0 N–H and O–H groups in total. The molecule has 286 valence electrons. The first kappa shape index (κ1) is 37.9. The van der Waals surface area contributed by atoms with E-state index in [1.807, 2.05) is 140 Å². The molecular weight excluding hydrogens is 776 g/mol. The molecule has 0 saturated heterocycles. The quantitative estimate of drug-likeness (QED) is 0.0968. The third-order valence-corrected chi connectivity index (χ3v) is 10.5. The Morgan fingerprint density at radius 3 is 1.35 bits per heavy atom. The summed E-state index contributed by atoms with van der Waals surface area (Å²) in [4.78, 5) is 0. The maximum Gasteiger partial charge on any atom is 0.162 e. The summed E-state index contributed by atoms with van der Waals surface area (Å²) in [6, 6.07) is 58.7. The van der Waals surface area contributed by atoms with E-state index in [4.69, 9.17) is 28.4 Å². The van der Waals surface area contributed by atoms with Gasteiger partial charge in [0.25, 0.3) is 0 Å². The lowest BCUT2D eigenvalue weighted by Gasteiger charge is -2.36. The molecule has 7 heteroatoms. The van der Waals surface area contributed by atoms with Gasteiger partial charge in [0.2, 0.25) is 0 Å². The molecule has 57 heavy (non-hydrogen) atoms. The summed E-state index contributed by atoms with van der Waals surface area (Å²) in [5.74, 6) is 3.23. The number of benzene rings is 7. The van der Waals surface area contributed by atoms with Crippen LogP contribution in [0.3, 0.4) is 0 Å². The van der Waals surface area contributed by atoms with E-state index in [1.54, 1.807) is 0 Å². The summed E-state index contributed by atoms with van der Waals surface area (Å²) in [6.45, 7) is 1.97. The summed E-state index contributed by atoms with van der Waals surface area (Å²) >= 11 is 3.89. The summed E-state index contributed by atoms with van der Waals surface area (Å²) in [5, 5.41) is 0. The average Bonchev–Trinajstić information content (AvgIpc) is 3.28. The van der Waals surface area contributed by atoms with Crippen LogP contribution in [0.15, 0.2) is 180 Å². The molecule has 1 heterocycles. The number of fused-ring (bicyclic) bond motifs is 1. The van der Waals surface area contributed by atoms with Gasteiger partial charge in [-0.2, -0.15) is 0 Å². The van der Waals surface area contributed by atoms with Crippen LogP contribution in [0.2, 0.25) is 0 Å². The summed E-state index contributed by atoms with van der Waals surface area (Å²) in [7, 11) is 0. The van der Waals surface area contributed by atoms with Crippen LogP contribution in [0, 0.1) is 0 Å². The Kier molecular flexibility index (Phi) is 12.5. The Morgan fingerprint density at radius 2 is 0.860 bits per heavy atom. The van der Waals surface area contributed by atoms with Crippen LogP contribution in [-0.4, -0.2) is 6.10 Å². The molecule has 0 spiro atoms. The molecule has 1 aliphatic heterocycles. The van der Waals surface area contributed by atoms with E-state index < -0.39 is 6.10 Å². The second-order valence-corrected chi connectivity index (χ2v) is 14.7. The predicted molar refractivity (Wildman–Crippen MR) is 226 cm³/mol. The van der Waals surface area contributed by atoms with Crippen molar-refractivity contribution in [1.29, 1.82) is 0 Å². The Morgan fingerprint density at radius 1 is 0.439 bits per heavy atom. The van der Waals surface area contributed by atoms with Crippen molar-refractivity contribution in [3.63, 3.8) is 0 Å². The van der Waals surface area contributed by atoms with Gasteiger partial charge in [0.15, 0.2) is 17.6 Å². The van der Waals surface area contributed by atoms with Crippen LogP contribution in [0.25, 0.3) is 0 Å². The van der Waals surface area contributed by atoms with Gasteiger partial charge in [0, 0.05) is 18.1 Å². The maximum atomic E-state index is 7.09. The van der Waals surface area contributed by atoms with Crippen molar-refractivity contribution in [3.05, 3.63) is 219 Å². The molecular formula is C50H43BrO6. The highest BCUT2D eigenvalue weighted by Gasteiger charge is 2.37. The van der Waals surface area contributed by atoms with Gasteiger partial charge in [-0.3, -0.25) is 0 Å². The fourth-order valence-electron chi connectivity index (χ4n) is 6.77. The fourth-order valence-corrected chi connectivity index (χ4v) is 7.33. The molecule has 0 aliphatic carbocycles. The summed E-state index contributed by atoms with van der Waals surface area (Å²) in [5.41, 5.74) is 7.11. The standard InChI is InChI=1S/C50H43BrO6/c51-48-46(55-34-39-22-12-4-13-23-39)30-44(53-32-37-18-8-2-9-19-37)42-29-47(56-35-40-24-14-5-15-25-40)49(57-50(42)48)41-26-27-43(52-31-36-16-6-1-7-17-36)45(28-41)54-33-38-20-10-3-11-21-38/h1-28,30,47,49H,29,31-35H2/t47-,49+/m0/s1. The minimum Gasteiger partial charge on any atom is -0.488 e. The average molecular weight is 820 g/mol. The zero-order chi connectivity index (χ0) is 38.7. The first-order chi connectivity index (χ1) is 28.2. The van der Waals surface area contributed by atoms with Gasteiger partial charge in [-0.1, -0.05) is 158 Å². The Hall–Kier alpha value is -6.02. The lowest BCUT2D eigenvalue weighted by molar-refractivity contribution is -0.0472. The number of hydrogen-bond donors (Lipinski definition) is 0. The zero-order valence-electron chi connectivity index (χ0n) is 31.5. The van der Waals surface area contributed by atoms with Gasteiger partial charge in [-0.25, -0.2) is 0 Å². The van der Waals surface area contributed by atoms with Gasteiger partial charge in [0.1, 0.15) is 54.3 Å². The Bertz CT molecular complexity index is 2320. The molecule has 7 aromatic rings. The number of rotatable bonds is 16. The highest BCUT2D eigenvalue weighted by molar-refractivity contribution is 9.10. The molecule has 8 rings (SSSR count). The molecule has 6 nitrogen and oxygen atoms in total. The predicted octanol–water partition coefficient (Wildman–Crippen LogP) is 12.0. The second-order valence-electron chi connectivity index (χ2n) is 13.9. The smallest absolute Gasteiger partial charge is 0.162 e. The van der Waals surface area contributed by atoms with Crippen LogP contribution in [0.5, 0.6) is 28.7 Å². The minimum absolute atomic E-state index is 0.377. The van der Waals surface area contributed by atoms with E-state index >= 15 is 0 Å². The number of hydrogen-bond acceptors (Lipinski definition) is 6. The topological polar surface area (TPSA) is 55.4 Å². The van der Waals surface area contributed by atoms with Crippen molar-refractivity contribution < 1.29 is 28.4 Å². The lowest BCUT2D eigenvalue weighted by Crippen LogP contribution is -2.33. The van der Waals surface area contributed by atoms with Gasteiger partial charge in [0.05, 0.1) is 6.61 Å². The highest BCUT2D eigenvalue weighted by Crippen LogP contribution is 2.50. The monoisotopic (exact) mass is 818 g/mol. The molecule has 0 bridgehead atoms. The van der Waals surface area contributed by atoms with E-state index in [1.165, 1.54) is 0 Å². The van der Waals surface area contributed by atoms with Crippen LogP contribution in [0.1, 0.15) is 45.0 Å². The SMILES string of the molecule is Brc1c(OCc2ccccc2)cc(OCc2ccccc2)c2c1O[C@H](c1ccc(OCc3ccccc3)c(OCc3ccccc3)c1)[C@@H](OCc1ccccc1)C2. The molecule has 0 saturated carbocycles. The first-order valence-corrected chi connectivity index (χ1v) is 19.9. The van der Waals surface area contributed by atoms with Crippen LogP contribution in [0.4, 0.5) is 0 Å². The normalized spacial score (nSPS) is 14.5. The van der Waals surface area contributed by atoms with Gasteiger partial charge in [-0.15, -0.1) is 0 Å². The van der Waals surface area contributed by atoms with Crippen LogP contribution < -0.4 is 23.7 Å². The van der Waals surface area contributed by atoms with Crippen molar-refractivity contribution >= 4 is 15.9 Å². The zero-order valence-corrected chi connectivity index (χ0v) is 33.1. The van der Waals surface area contributed by atoms with Crippen molar-refractivity contribution in [1.82, 2.24) is 0 Å². The number of halogens is 1. The molecule has 0 aromatic heterocycles. The van der Waals surface area contributed by atoms with Crippen LogP contribution >= 0.6 is 15.9 Å². The molecule has 7 aromatic carbocycles. The molecule has 1 aliphatic rings. The summed E-state index contributed by atoms with van der Waals surface area (Å²) < 4.78 is 40.5. The molecule has 0 unspecified atom stereocenters. The van der Waals surface area contributed by atoms with Crippen LogP contribution in [-0.2, 0) is 44.2 Å². The highest BCUT2D eigenvalue weighted by atomic mass is 79.9. The van der Waals surface area contributed by atoms with Gasteiger partial charge in [-0.05, 0) is 61.4 Å². The molecule has 2 atom stereocenters. The van der Waals surface area contributed by atoms with Crippen molar-refractivity contribution in [3.8, 4) is 28.7 Å². The third-order valence-electron chi connectivity index (χ3n) is 9.79. The van der Waals surface area contributed by atoms with Crippen molar-refractivity contribution in [2.24, 2.45) is 0 Å². The third kappa shape index (κ3) is 9.87. The lowest BCUT2D eigenvalue weighted by atomic mass is 9.93. The van der Waals surface area contributed by atoms with E-state index in [2.05, 4.69) is 52.3 Å². The minimum atomic E-state index is -0.508. The summed E-state index contributed by atoms with van der Waals surface area (Å²) in [6.07, 6.45) is -0.356. The van der Waals surface area contributed by atoms with Crippen molar-refractivity contribution in [2.75, 3.05) is 0 Å². The molecule has 0 amide bonds. The molecule has 0 radical (unpaired) electrons.